The maximum absolute atomic E-state index is 13.6. The molecule has 1 unspecified atom stereocenters. The Hall–Kier alpha value is -2.00. The molecule has 1 aliphatic carbocycles. The van der Waals surface area contributed by atoms with E-state index in [4.69, 9.17) is 14.5 Å². The van der Waals surface area contributed by atoms with Gasteiger partial charge in [-0.1, -0.05) is 11.6 Å². The molecule has 2 fully saturated rings. The van der Waals surface area contributed by atoms with Crippen molar-refractivity contribution in [3.8, 4) is 0 Å². The van der Waals surface area contributed by atoms with Crippen molar-refractivity contribution in [3.63, 3.8) is 0 Å². The van der Waals surface area contributed by atoms with Crippen molar-refractivity contribution in [1.29, 1.82) is 0 Å². The number of hydrogen-bond donors (Lipinski definition) is 0. The van der Waals surface area contributed by atoms with E-state index in [1.807, 2.05) is 6.92 Å². The predicted octanol–water partition coefficient (Wildman–Crippen LogP) is 3.47. The molecule has 3 aliphatic rings. The smallest absolute Gasteiger partial charge is 0.249 e. The summed E-state index contributed by atoms with van der Waals surface area (Å²) in [7, 11) is -3.75. The highest BCUT2D eigenvalue weighted by atomic mass is 32.2. The average molecular weight is 446 g/mol. The molecular weight excluding hydrogens is 414 g/mol. The van der Waals surface area contributed by atoms with Crippen molar-refractivity contribution in [3.05, 3.63) is 28.5 Å². The molecule has 168 valence electrons. The van der Waals surface area contributed by atoms with Gasteiger partial charge in [0, 0.05) is 30.9 Å². The first kappa shape index (κ1) is 20.9. The molecule has 4 heterocycles. The minimum absolute atomic E-state index is 0.185. The first-order valence-corrected chi connectivity index (χ1v) is 12.9. The second kappa shape index (κ2) is 7.85. The molecule has 0 aromatic carbocycles. The summed E-state index contributed by atoms with van der Waals surface area (Å²) in [6.07, 6.45) is 7.24. The zero-order valence-electron chi connectivity index (χ0n) is 18.6. The van der Waals surface area contributed by atoms with E-state index >= 15 is 0 Å². The number of hydrogen-bond acceptors (Lipinski definition) is 7. The van der Waals surface area contributed by atoms with E-state index in [9.17, 15) is 8.42 Å². The van der Waals surface area contributed by atoms with Gasteiger partial charge in [-0.05, 0) is 65.2 Å². The summed E-state index contributed by atoms with van der Waals surface area (Å²) in [5.41, 5.74) is 2.62. The first-order valence-electron chi connectivity index (χ1n) is 11.4. The zero-order valence-corrected chi connectivity index (χ0v) is 19.4. The monoisotopic (exact) mass is 445 g/mol. The molecule has 31 heavy (non-hydrogen) atoms. The van der Waals surface area contributed by atoms with Crippen LogP contribution < -0.4 is 4.90 Å². The third kappa shape index (κ3) is 3.75. The maximum atomic E-state index is 13.6. The molecule has 0 spiro atoms. The third-order valence-corrected chi connectivity index (χ3v) is 8.98. The summed E-state index contributed by atoms with van der Waals surface area (Å²) >= 11 is 0. The fraction of sp³-hybridized carbons (Fsp3) is 0.682. The number of nitrogens with zero attached hydrogens (tertiary/aromatic N) is 5. The molecular formula is C22H31N5O3S. The predicted molar refractivity (Wildman–Crippen MR) is 116 cm³/mol. The Morgan fingerprint density at radius 3 is 2.52 bits per heavy atom. The first-order chi connectivity index (χ1) is 14.9. The minimum Gasteiger partial charge on any atom is -0.360 e. The van der Waals surface area contributed by atoms with Gasteiger partial charge in [0.15, 0.2) is 5.76 Å². The molecule has 2 aliphatic heterocycles. The lowest BCUT2D eigenvalue weighted by atomic mass is 10.0. The molecule has 0 bridgehead atoms. The Labute approximate surface area is 184 Å². The summed E-state index contributed by atoms with van der Waals surface area (Å²) in [5.74, 6) is 2.77. The number of rotatable bonds is 5. The van der Waals surface area contributed by atoms with Crippen LogP contribution in [0.15, 0.2) is 9.42 Å². The van der Waals surface area contributed by atoms with Crippen molar-refractivity contribution < 1.29 is 12.9 Å². The Morgan fingerprint density at radius 2 is 1.81 bits per heavy atom. The molecule has 0 N–H and O–H groups in total. The van der Waals surface area contributed by atoms with Gasteiger partial charge in [-0.2, -0.15) is 4.31 Å². The van der Waals surface area contributed by atoms with Gasteiger partial charge in [0.05, 0.1) is 6.04 Å². The van der Waals surface area contributed by atoms with Gasteiger partial charge >= 0.3 is 0 Å². The largest absolute Gasteiger partial charge is 0.360 e. The molecule has 2 aromatic rings. The fourth-order valence-electron chi connectivity index (χ4n) is 5.06. The summed E-state index contributed by atoms with van der Waals surface area (Å²) in [6.45, 7) is 7.90. The number of anilines is 1. The minimum atomic E-state index is -3.75. The lowest BCUT2D eigenvalue weighted by Crippen LogP contribution is -2.40. The Kier molecular flexibility index (Phi) is 5.29. The summed E-state index contributed by atoms with van der Waals surface area (Å²) in [5, 5.41) is 3.87. The van der Waals surface area contributed by atoms with Gasteiger partial charge < -0.3 is 9.42 Å². The topological polar surface area (TPSA) is 92.4 Å². The number of sulfonamides is 1. The molecule has 8 nitrogen and oxygen atoms in total. The van der Waals surface area contributed by atoms with Crippen LogP contribution in [0.3, 0.4) is 0 Å². The van der Waals surface area contributed by atoms with Crippen LogP contribution in [0.4, 0.5) is 5.82 Å². The lowest BCUT2D eigenvalue weighted by Gasteiger charge is -2.36. The van der Waals surface area contributed by atoms with E-state index in [1.165, 1.54) is 18.4 Å². The summed E-state index contributed by atoms with van der Waals surface area (Å²) in [4.78, 5) is 12.5. The second-order valence-electron chi connectivity index (χ2n) is 9.24. The molecule has 2 aromatic heterocycles. The third-order valence-electron chi connectivity index (χ3n) is 6.83. The normalized spacial score (nSPS) is 22.5. The van der Waals surface area contributed by atoms with Crippen molar-refractivity contribution in [2.75, 3.05) is 24.5 Å². The standard InChI is InChI=1S/C22H31N5O3S/c1-14-18-7-6-11-26(13-17-9-10-17)22(18)24-21(23-14)19-8-4-5-12-27(19)31(28,29)20-15(2)25-30-16(20)3/h17,19H,4-13H2,1-3H3. The Balaban J connectivity index is 1.54. The average Bonchev–Trinajstić information content (AvgIpc) is 3.50. The van der Waals surface area contributed by atoms with Crippen LogP contribution in [-0.2, 0) is 16.4 Å². The number of aryl methyl sites for hydroxylation is 3. The molecule has 0 radical (unpaired) electrons. The highest BCUT2D eigenvalue weighted by Crippen LogP contribution is 2.39. The molecule has 0 amide bonds. The highest BCUT2D eigenvalue weighted by molar-refractivity contribution is 7.89. The summed E-state index contributed by atoms with van der Waals surface area (Å²) < 4.78 is 34.0. The quantitative estimate of drug-likeness (QED) is 0.696. The van der Waals surface area contributed by atoms with Gasteiger partial charge in [0.2, 0.25) is 10.0 Å². The molecule has 1 saturated carbocycles. The van der Waals surface area contributed by atoms with E-state index in [-0.39, 0.29) is 10.9 Å². The number of piperidine rings is 1. The van der Waals surface area contributed by atoms with Crippen molar-refractivity contribution >= 4 is 15.8 Å². The lowest BCUT2D eigenvalue weighted by molar-refractivity contribution is 0.245. The second-order valence-corrected chi connectivity index (χ2v) is 11.1. The Bertz CT molecular complexity index is 1070. The van der Waals surface area contributed by atoms with E-state index in [1.54, 1.807) is 18.2 Å². The molecule has 1 saturated heterocycles. The van der Waals surface area contributed by atoms with Crippen LogP contribution >= 0.6 is 0 Å². The summed E-state index contributed by atoms with van der Waals surface area (Å²) in [6, 6.07) is -0.360. The van der Waals surface area contributed by atoms with Gasteiger partial charge in [-0.25, -0.2) is 18.4 Å². The van der Waals surface area contributed by atoms with E-state index in [2.05, 4.69) is 10.1 Å². The van der Waals surface area contributed by atoms with Crippen molar-refractivity contribution in [1.82, 2.24) is 19.4 Å². The van der Waals surface area contributed by atoms with Crippen LogP contribution in [0.2, 0.25) is 0 Å². The van der Waals surface area contributed by atoms with Crippen molar-refractivity contribution in [2.24, 2.45) is 5.92 Å². The van der Waals surface area contributed by atoms with Crippen LogP contribution in [-0.4, -0.2) is 47.5 Å². The maximum Gasteiger partial charge on any atom is 0.249 e. The molecule has 9 heteroatoms. The molecule has 5 rings (SSSR count). The SMILES string of the molecule is Cc1nc(C2CCCCN2S(=O)(=O)c2c(C)noc2C)nc2c1CCCN2CC1CC1. The van der Waals surface area contributed by atoms with Gasteiger partial charge in [0.1, 0.15) is 22.2 Å². The van der Waals surface area contributed by atoms with Crippen LogP contribution in [0.5, 0.6) is 0 Å². The highest BCUT2D eigenvalue weighted by Gasteiger charge is 2.40. The van der Waals surface area contributed by atoms with Crippen LogP contribution in [0.1, 0.15) is 73.1 Å². The number of aromatic nitrogens is 3. The van der Waals surface area contributed by atoms with Crippen molar-refractivity contribution in [2.45, 2.75) is 76.7 Å². The number of fused-ring (bicyclic) bond motifs is 1. The van der Waals surface area contributed by atoms with E-state index in [0.717, 1.165) is 62.6 Å². The van der Waals surface area contributed by atoms with Crippen LogP contribution in [0, 0.1) is 26.7 Å². The van der Waals surface area contributed by atoms with Gasteiger partial charge in [-0.15, -0.1) is 0 Å². The molecule has 1 atom stereocenters. The van der Waals surface area contributed by atoms with E-state index < -0.39 is 10.0 Å². The van der Waals surface area contributed by atoms with Gasteiger partial charge in [0.25, 0.3) is 0 Å². The van der Waals surface area contributed by atoms with Gasteiger partial charge in [-0.3, -0.25) is 0 Å². The zero-order chi connectivity index (χ0) is 21.8. The Morgan fingerprint density at radius 1 is 1.00 bits per heavy atom. The fourth-order valence-corrected chi connectivity index (χ4v) is 7.01. The van der Waals surface area contributed by atoms with Crippen LogP contribution in [0.25, 0.3) is 0 Å². The van der Waals surface area contributed by atoms with E-state index in [0.29, 0.717) is 23.8 Å².